The van der Waals surface area contributed by atoms with Gasteiger partial charge < -0.3 is 33.2 Å². The maximum absolute atomic E-state index is 8.28. The van der Waals surface area contributed by atoms with Crippen LogP contribution in [0.4, 0.5) is 68.2 Å². The number of ether oxygens (including phenoxy) is 1. The summed E-state index contributed by atoms with van der Waals surface area (Å²) in [5, 5.41) is 11.3. The van der Waals surface area contributed by atoms with Crippen molar-refractivity contribution in [2.45, 2.75) is 5.41 Å². The topological polar surface area (TPSA) is 48.5 Å². The van der Waals surface area contributed by atoms with E-state index in [2.05, 4.69) is 493 Å². The lowest BCUT2D eigenvalue weighted by Crippen LogP contribution is -2.32. The number of anilines is 12. The van der Waals surface area contributed by atoms with Gasteiger partial charge in [0.2, 0.25) is 0 Å². The quantitative estimate of drug-likeness (QED) is 0.0955. The number of para-hydroxylation sites is 7. The number of nitrogens with zero attached hydrogens (tertiary/aromatic N) is 4. The zero-order valence-corrected chi connectivity index (χ0v) is 76.2. The summed E-state index contributed by atoms with van der Waals surface area (Å²) < 4.78 is 29.6. The Balaban J connectivity index is 0.749. The van der Waals surface area contributed by atoms with Gasteiger partial charge in [-0.05, 0) is 202 Å². The highest BCUT2D eigenvalue weighted by atomic mass is 32.1. The van der Waals surface area contributed by atoms with Crippen LogP contribution in [0.5, 0.6) is 11.5 Å². The Morgan fingerprint density at radius 2 is 0.591 bits per heavy atom. The van der Waals surface area contributed by atoms with Gasteiger partial charge in [0.25, 0.3) is 0 Å². The highest BCUT2D eigenvalue weighted by Crippen LogP contribution is 2.67. The first-order chi connectivity index (χ1) is 67.9. The molecule has 1 aliphatic carbocycles. The fraction of sp³-hybridized carbons (Fsp3) is 0.00787. The van der Waals surface area contributed by atoms with Crippen LogP contribution in [0.2, 0.25) is 0 Å². The summed E-state index contributed by atoms with van der Waals surface area (Å²) in [4.78, 5) is 9.95. The molecule has 1 spiro atoms. The summed E-state index contributed by atoms with van der Waals surface area (Å²) in [6, 6.07) is 174. The standard InChI is InChI=1S/C127H78N4O3S3/c1-8-34-79(35-9-1)82-68-110(122-98-51-25-30-60-117(98)135-119(122)70-82)129(85-42-16-5-17-43-85)89-63-66-106-114(77-89)132-115-78-90(130(86-44-18-6-19-45-86)111-69-83(80-36-10-2-11-37-80)71-120-123(111)99-52-26-31-61-118(99)136-120)64-67-107(115)127(106)105-65-62-88(128(84-40-14-4-15-41-84)91-75-102-95-50-24-29-59-116(95)137-126(102)103(76-91)97-54-32-53-96-93-48-22-27-57-112(93)133-124(96)97)72-104(105)121-108(127)55-33-56-109(121)131(87-46-20-7-21-47-87)92-73-100(81-38-12-3-13-39-81)125-101(74-92)94-49-23-28-58-113(94)134-125/h1-78H. The van der Waals surface area contributed by atoms with Crippen molar-refractivity contribution in [3.8, 4) is 67.1 Å². The molecule has 0 saturated carbocycles. The lowest BCUT2D eigenvalue weighted by atomic mass is 9.66. The van der Waals surface area contributed by atoms with E-state index in [1.807, 2.05) is 34.0 Å². The van der Waals surface area contributed by atoms with Crippen molar-refractivity contribution in [2.24, 2.45) is 0 Å². The van der Waals surface area contributed by atoms with E-state index in [9.17, 15) is 0 Å². The van der Waals surface area contributed by atoms with Crippen molar-refractivity contribution in [1.29, 1.82) is 0 Å². The minimum Gasteiger partial charge on any atom is -0.457 e. The summed E-state index contributed by atoms with van der Waals surface area (Å²) in [7, 11) is 0. The minimum absolute atomic E-state index is 0.717. The summed E-state index contributed by atoms with van der Waals surface area (Å²) in [6.07, 6.45) is 0. The molecule has 0 amide bonds. The van der Waals surface area contributed by atoms with Gasteiger partial charge in [0, 0.05) is 179 Å². The third kappa shape index (κ3) is 12.5. The van der Waals surface area contributed by atoms with Crippen molar-refractivity contribution in [1.82, 2.24) is 0 Å². The molecule has 0 saturated heterocycles. The lowest BCUT2D eigenvalue weighted by Gasteiger charge is -2.41. The predicted octanol–water partition coefficient (Wildman–Crippen LogP) is 37.6. The van der Waals surface area contributed by atoms with Crippen molar-refractivity contribution < 1.29 is 13.6 Å². The number of rotatable bonds is 16. The molecule has 0 radical (unpaired) electrons. The summed E-state index contributed by atoms with van der Waals surface area (Å²) in [6.45, 7) is 0. The van der Waals surface area contributed by atoms with Crippen molar-refractivity contribution in [2.75, 3.05) is 19.6 Å². The third-order valence-corrected chi connectivity index (χ3v) is 31.4. The molecule has 0 N–H and O–H groups in total. The minimum atomic E-state index is -1.13. The zero-order chi connectivity index (χ0) is 89.9. The largest absolute Gasteiger partial charge is 0.457 e. The number of hydrogen-bond acceptors (Lipinski definition) is 10. The molecule has 6 heterocycles. The van der Waals surface area contributed by atoms with Crippen molar-refractivity contribution >= 4 is 207 Å². The van der Waals surface area contributed by atoms with Gasteiger partial charge in [-0.1, -0.05) is 303 Å². The third-order valence-electron chi connectivity index (χ3n) is 28.0. The average Bonchev–Trinajstić information content (AvgIpc) is 1.51. The van der Waals surface area contributed by atoms with Gasteiger partial charge in [-0.15, -0.1) is 34.0 Å². The van der Waals surface area contributed by atoms with E-state index in [4.69, 9.17) is 13.6 Å². The molecule has 10 heteroatoms. The second kappa shape index (κ2) is 31.5. The first-order valence-electron chi connectivity index (χ1n) is 46.5. The van der Waals surface area contributed by atoms with E-state index in [0.717, 1.165) is 207 Å². The zero-order valence-electron chi connectivity index (χ0n) is 73.8. The molecular weight excluding hydrogens is 1730 g/mol. The molecular formula is C127H78N4O3S3. The van der Waals surface area contributed by atoms with E-state index in [1.54, 1.807) is 0 Å². The number of furan rings is 2. The first kappa shape index (κ1) is 78.5. The van der Waals surface area contributed by atoms with E-state index in [1.165, 1.54) is 55.1 Å². The van der Waals surface area contributed by atoms with Crippen LogP contribution >= 0.6 is 34.0 Å². The van der Waals surface area contributed by atoms with Crippen LogP contribution in [0.15, 0.2) is 482 Å². The number of hydrogen-bond donors (Lipinski definition) is 0. The Labute approximate surface area is 801 Å². The highest BCUT2D eigenvalue weighted by Gasteiger charge is 2.53. The second-order valence-electron chi connectivity index (χ2n) is 35.6. The normalized spacial score (nSPS) is 12.5. The SMILES string of the molecule is c1ccc(-c2cc(N(c3ccccc3)c3ccc4c(c3)Oc3cc(N(c5ccccc5)c5cc(-c6ccccc6)cc6sc7ccccc7c56)ccc3C43c4ccc(N(c5ccccc5)c5cc(-c6cccc7c6oc6ccccc67)c6sc7ccccc7c6c5)cc4-c4c(N(c5ccccc5)c5cc(-c6ccccc6)c6oc7ccccc7c6c5)cccc43)c3c(c2)sc2ccccc23)cc1. The van der Waals surface area contributed by atoms with Crippen LogP contribution in [-0.2, 0) is 5.41 Å². The average molecular weight is 1800 g/mol. The van der Waals surface area contributed by atoms with Gasteiger partial charge >= 0.3 is 0 Å². The number of thiophene rings is 3. The molecule has 642 valence electrons. The Hall–Kier alpha value is -17.1. The van der Waals surface area contributed by atoms with E-state index in [0.29, 0.717) is 0 Å². The molecule has 28 rings (SSSR count). The Morgan fingerprint density at radius 1 is 0.197 bits per heavy atom. The molecule has 7 nitrogen and oxygen atoms in total. The fourth-order valence-electron chi connectivity index (χ4n) is 22.1. The molecule has 26 aromatic rings. The maximum atomic E-state index is 8.28. The molecule has 137 heavy (non-hydrogen) atoms. The van der Waals surface area contributed by atoms with Crippen molar-refractivity contribution in [3.63, 3.8) is 0 Å². The first-order valence-corrected chi connectivity index (χ1v) is 48.9. The molecule has 0 unspecified atom stereocenters. The molecule has 5 aromatic heterocycles. The Bertz CT molecular complexity index is 9110. The molecule has 0 bridgehead atoms. The van der Waals surface area contributed by atoms with Gasteiger partial charge in [-0.25, -0.2) is 0 Å². The summed E-state index contributed by atoms with van der Waals surface area (Å²) >= 11 is 5.52. The molecule has 1 aliphatic heterocycles. The van der Waals surface area contributed by atoms with Crippen LogP contribution in [0.1, 0.15) is 22.3 Å². The second-order valence-corrected chi connectivity index (χ2v) is 38.8. The molecule has 0 fully saturated rings. The van der Waals surface area contributed by atoms with Gasteiger partial charge in [0.1, 0.15) is 33.8 Å². The van der Waals surface area contributed by atoms with Crippen LogP contribution < -0.4 is 24.3 Å². The number of fused-ring (bicyclic) bond motifs is 24. The Kier molecular flexibility index (Phi) is 18.1. The molecule has 21 aromatic carbocycles. The maximum Gasteiger partial charge on any atom is 0.143 e. The highest BCUT2D eigenvalue weighted by molar-refractivity contribution is 7.27. The number of benzene rings is 21. The van der Waals surface area contributed by atoms with E-state index < -0.39 is 5.41 Å². The lowest BCUT2D eigenvalue weighted by molar-refractivity contribution is 0.436. The van der Waals surface area contributed by atoms with Gasteiger partial charge in [-0.3, -0.25) is 0 Å². The van der Waals surface area contributed by atoms with E-state index >= 15 is 0 Å². The van der Waals surface area contributed by atoms with Gasteiger partial charge in [0.15, 0.2) is 0 Å². The van der Waals surface area contributed by atoms with Crippen molar-refractivity contribution in [3.05, 3.63) is 495 Å². The molecule has 2 aliphatic rings. The van der Waals surface area contributed by atoms with Gasteiger partial charge in [0.05, 0.1) is 22.5 Å². The van der Waals surface area contributed by atoms with E-state index in [-0.39, 0.29) is 0 Å². The fourth-order valence-corrected chi connectivity index (χ4v) is 25.7. The molecule has 0 atom stereocenters. The van der Waals surface area contributed by atoms with Crippen LogP contribution in [0.3, 0.4) is 0 Å². The van der Waals surface area contributed by atoms with Crippen LogP contribution in [-0.4, -0.2) is 0 Å². The monoisotopic (exact) mass is 1800 g/mol. The summed E-state index contributed by atoms with van der Waals surface area (Å²) in [5.74, 6) is 1.43. The smallest absolute Gasteiger partial charge is 0.143 e. The van der Waals surface area contributed by atoms with Gasteiger partial charge in [-0.2, -0.15) is 0 Å². The Morgan fingerprint density at radius 3 is 1.13 bits per heavy atom. The van der Waals surface area contributed by atoms with Crippen LogP contribution in [0.25, 0.3) is 160 Å². The summed E-state index contributed by atoms with van der Waals surface area (Å²) in [5.41, 5.74) is 29.1. The predicted molar refractivity (Wildman–Crippen MR) is 578 cm³/mol. The van der Waals surface area contributed by atoms with Crippen LogP contribution in [0, 0.1) is 0 Å².